The van der Waals surface area contributed by atoms with E-state index in [0.29, 0.717) is 0 Å². The summed E-state index contributed by atoms with van der Waals surface area (Å²) >= 11 is 0. The van der Waals surface area contributed by atoms with Crippen molar-refractivity contribution in [2.75, 3.05) is 11.1 Å². The molecule has 26 heavy (non-hydrogen) atoms. The summed E-state index contributed by atoms with van der Waals surface area (Å²) in [4.78, 5) is 9.41. The van der Waals surface area contributed by atoms with Crippen molar-refractivity contribution in [1.29, 1.82) is 0 Å². The molecule has 5 rings (SSSR count). The van der Waals surface area contributed by atoms with E-state index in [1.807, 2.05) is 66.7 Å². The Morgan fingerprint density at radius 2 is 1.42 bits per heavy atom. The standard InChI is InChI=1S/C22H16N4/c23-22-16-6-2-4-8-19(16)25-20-13-15(10-11-17(20)22)24-21-12-9-14-5-1-3-7-18(14)26-21/h1-13H,(H2,23,25)(H,24,26). The zero-order valence-corrected chi connectivity index (χ0v) is 14.0. The molecule has 5 aromatic rings. The van der Waals surface area contributed by atoms with Crippen LogP contribution in [0.4, 0.5) is 17.2 Å². The first-order valence-electron chi connectivity index (χ1n) is 8.49. The van der Waals surface area contributed by atoms with Crippen LogP contribution in [0.5, 0.6) is 0 Å². The molecule has 0 spiro atoms. The van der Waals surface area contributed by atoms with Crippen LogP contribution in [0.25, 0.3) is 32.7 Å². The first-order chi connectivity index (χ1) is 12.8. The number of hydrogen-bond donors (Lipinski definition) is 2. The van der Waals surface area contributed by atoms with E-state index in [4.69, 9.17) is 10.7 Å². The summed E-state index contributed by atoms with van der Waals surface area (Å²) < 4.78 is 0. The fourth-order valence-corrected chi connectivity index (χ4v) is 3.29. The molecule has 0 aliphatic heterocycles. The first-order valence-corrected chi connectivity index (χ1v) is 8.49. The number of nitrogens with one attached hydrogen (secondary N) is 1. The normalized spacial score (nSPS) is 11.2. The van der Waals surface area contributed by atoms with Crippen molar-refractivity contribution in [2.24, 2.45) is 0 Å². The average Bonchev–Trinajstić information content (AvgIpc) is 2.68. The van der Waals surface area contributed by atoms with Gasteiger partial charge in [0.2, 0.25) is 0 Å². The summed E-state index contributed by atoms with van der Waals surface area (Å²) in [6.07, 6.45) is 0. The maximum atomic E-state index is 6.35. The van der Waals surface area contributed by atoms with Gasteiger partial charge < -0.3 is 11.1 Å². The number of aromatic nitrogens is 2. The third kappa shape index (κ3) is 2.40. The van der Waals surface area contributed by atoms with Gasteiger partial charge in [0.25, 0.3) is 0 Å². The van der Waals surface area contributed by atoms with Gasteiger partial charge in [-0.2, -0.15) is 0 Å². The van der Waals surface area contributed by atoms with Gasteiger partial charge in [-0.15, -0.1) is 0 Å². The third-order valence-electron chi connectivity index (χ3n) is 4.59. The highest BCUT2D eigenvalue weighted by Gasteiger charge is 2.07. The minimum Gasteiger partial charge on any atom is -0.398 e. The maximum absolute atomic E-state index is 6.35. The molecule has 0 aliphatic rings. The lowest BCUT2D eigenvalue weighted by Gasteiger charge is -2.10. The molecule has 0 saturated carbocycles. The number of hydrogen-bond acceptors (Lipinski definition) is 4. The minimum atomic E-state index is 0.765. The van der Waals surface area contributed by atoms with Crippen LogP contribution in [-0.2, 0) is 0 Å². The highest BCUT2D eigenvalue weighted by Crippen LogP contribution is 2.30. The molecule has 0 unspecified atom stereocenters. The predicted octanol–water partition coefficient (Wildman–Crippen LogP) is 5.26. The average molecular weight is 336 g/mol. The SMILES string of the molecule is Nc1c2ccccc2nc2cc(Nc3ccc4ccccc4n3)ccc12. The second-order valence-electron chi connectivity index (χ2n) is 6.29. The number of fused-ring (bicyclic) bond motifs is 3. The number of rotatable bonds is 2. The maximum Gasteiger partial charge on any atom is 0.131 e. The predicted molar refractivity (Wildman–Crippen MR) is 109 cm³/mol. The Kier molecular flexibility index (Phi) is 3.22. The monoisotopic (exact) mass is 336 g/mol. The first kappa shape index (κ1) is 14.7. The van der Waals surface area contributed by atoms with Crippen molar-refractivity contribution in [2.45, 2.75) is 0 Å². The van der Waals surface area contributed by atoms with Crippen LogP contribution in [-0.4, -0.2) is 9.97 Å². The molecule has 0 fully saturated rings. The van der Waals surface area contributed by atoms with Gasteiger partial charge in [-0.25, -0.2) is 9.97 Å². The minimum absolute atomic E-state index is 0.765. The summed E-state index contributed by atoms with van der Waals surface area (Å²) in [6.45, 7) is 0. The van der Waals surface area contributed by atoms with Crippen molar-refractivity contribution in [1.82, 2.24) is 9.97 Å². The zero-order chi connectivity index (χ0) is 17.5. The van der Waals surface area contributed by atoms with Gasteiger partial charge in [-0.1, -0.05) is 36.4 Å². The van der Waals surface area contributed by atoms with Gasteiger partial charge in [0.05, 0.1) is 22.2 Å². The van der Waals surface area contributed by atoms with E-state index in [2.05, 4.69) is 22.4 Å². The number of benzene rings is 3. The second kappa shape index (κ2) is 5.70. The quantitative estimate of drug-likeness (QED) is 0.431. The van der Waals surface area contributed by atoms with Gasteiger partial charge in [-0.05, 0) is 42.5 Å². The highest BCUT2D eigenvalue weighted by atomic mass is 15.0. The fourth-order valence-electron chi connectivity index (χ4n) is 3.29. The topological polar surface area (TPSA) is 63.8 Å². The molecule has 4 heteroatoms. The lowest BCUT2D eigenvalue weighted by atomic mass is 10.1. The molecular formula is C22H16N4. The zero-order valence-electron chi connectivity index (χ0n) is 14.0. The molecule has 0 atom stereocenters. The Hall–Kier alpha value is -3.66. The van der Waals surface area contributed by atoms with Crippen molar-refractivity contribution < 1.29 is 0 Å². The Labute approximate surface area is 150 Å². The molecule has 2 aromatic heterocycles. The molecule has 0 saturated heterocycles. The van der Waals surface area contributed by atoms with E-state index >= 15 is 0 Å². The summed E-state index contributed by atoms with van der Waals surface area (Å²) in [5.41, 5.74) is 10.8. The van der Waals surface area contributed by atoms with Gasteiger partial charge in [0, 0.05) is 21.8 Å². The molecule has 0 aliphatic carbocycles. The molecule has 0 amide bonds. The molecule has 3 N–H and O–H groups in total. The van der Waals surface area contributed by atoms with E-state index in [0.717, 1.165) is 49.9 Å². The Morgan fingerprint density at radius 1 is 0.654 bits per heavy atom. The van der Waals surface area contributed by atoms with Crippen LogP contribution < -0.4 is 11.1 Å². The third-order valence-corrected chi connectivity index (χ3v) is 4.59. The summed E-state index contributed by atoms with van der Waals surface area (Å²) in [5, 5.41) is 6.43. The van der Waals surface area contributed by atoms with Crippen molar-refractivity contribution in [3.63, 3.8) is 0 Å². The molecule has 4 nitrogen and oxygen atoms in total. The molecule has 0 bridgehead atoms. The van der Waals surface area contributed by atoms with E-state index in [1.54, 1.807) is 0 Å². The lowest BCUT2D eigenvalue weighted by Crippen LogP contribution is -1.96. The number of pyridine rings is 2. The second-order valence-corrected chi connectivity index (χ2v) is 6.29. The fraction of sp³-hybridized carbons (Fsp3) is 0. The Morgan fingerprint density at radius 3 is 2.35 bits per heavy atom. The van der Waals surface area contributed by atoms with Crippen LogP contribution in [0.1, 0.15) is 0 Å². The van der Waals surface area contributed by atoms with Crippen molar-refractivity contribution in [3.05, 3.63) is 78.9 Å². The number of nitrogens with zero attached hydrogens (tertiary/aromatic N) is 2. The number of anilines is 3. The number of para-hydroxylation sites is 2. The lowest BCUT2D eigenvalue weighted by molar-refractivity contribution is 1.37. The molecule has 3 aromatic carbocycles. The van der Waals surface area contributed by atoms with Crippen molar-refractivity contribution >= 4 is 49.9 Å². The molecular weight excluding hydrogens is 320 g/mol. The van der Waals surface area contributed by atoms with E-state index in [9.17, 15) is 0 Å². The molecule has 0 radical (unpaired) electrons. The van der Waals surface area contributed by atoms with Crippen LogP contribution in [0.15, 0.2) is 78.9 Å². The van der Waals surface area contributed by atoms with E-state index in [-0.39, 0.29) is 0 Å². The van der Waals surface area contributed by atoms with Crippen LogP contribution in [0.2, 0.25) is 0 Å². The summed E-state index contributed by atoms with van der Waals surface area (Å²) in [7, 11) is 0. The van der Waals surface area contributed by atoms with Crippen LogP contribution in [0, 0.1) is 0 Å². The van der Waals surface area contributed by atoms with Crippen LogP contribution in [0.3, 0.4) is 0 Å². The Balaban J connectivity index is 1.59. The van der Waals surface area contributed by atoms with Crippen molar-refractivity contribution in [3.8, 4) is 0 Å². The highest BCUT2D eigenvalue weighted by molar-refractivity contribution is 6.07. The van der Waals surface area contributed by atoms with Gasteiger partial charge in [0.15, 0.2) is 0 Å². The Bertz CT molecular complexity index is 1280. The summed E-state index contributed by atoms with van der Waals surface area (Å²) in [6, 6.07) is 26.1. The van der Waals surface area contributed by atoms with Gasteiger partial charge in [0.1, 0.15) is 5.82 Å². The van der Waals surface area contributed by atoms with Gasteiger partial charge in [-0.3, -0.25) is 0 Å². The van der Waals surface area contributed by atoms with E-state index < -0.39 is 0 Å². The molecule has 124 valence electrons. The molecule has 2 heterocycles. The smallest absolute Gasteiger partial charge is 0.131 e. The number of nitrogen functional groups attached to an aromatic ring is 1. The van der Waals surface area contributed by atoms with Gasteiger partial charge >= 0.3 is 0 Å². The number of nitrogens with two attached hydrogens (primary N) is 1. The summed E-state index contributed by atoms with van der Waals surface area (Å²) in [5.74, 6) is 0.803. The largest absolute Gasteiger partial charge is 0.398 e. The van der Waals surface area contributed by atoms with E-state index in [1.165, 1.54) is 0 Å². The van der Waals surface area contributed by atoms with Crippen LogP contribution >= 0.6 is 0 Å².